The maximum atomic E-state index is 11.6. The first-order valence-corrected chi connectivity index (χ1v) is 6.07. The summed E-state index contributed by atoms with van der Waals surface area (Å²) in [5.41, 5.74) is 0. The highest BCUT2D eigenvalue weighted by molar-refractivity contribution is 5.76. The van der Waals surface area contributed by atoms with E-state index in [2.05, 4.69) is 10.2 Å². The zero-order valence-electron chi connectivity index (χ0n) is 9.37. The van der Waals surface area contributed by atoms with E-state index in [9.17, 15) is 4.79 Å². The van der Waals surface area contributed by atoms with Crippen molar-refractivity contribution in [2.24, 2.45) is 0 Å². The van der Waals surface area contributed by atoms with Gasteiger partial charge in [-0.15, -0.1) is 0 Å². The van der Waals surface area contributed by atoms with Crippen molar-refractivity contribution in [3.63, 3.8) is 0 Å². The summed E-state index contributed by atoms with van der Waals surface area (Å²) in [6.07, 6.45) is 3.04. The minimum Gasteiger partial charge on any atom is -0.341 e. The highest BCUT2D eigenvalue weighted by Gasteiger charge is 2.18. The van der Waals surface area contributed by atoms with E-state index in [-0.39, 0.29) is 0 Å². The van der Waals surface area contributed by atoms with Crippen LogP contribution in [0.4, 0.5) is 0 Å². The van der Waals surface area contributed by atoms with Gasteiger partial charge in [0.15, 0.2) is 0 Å². The Bertz CT molecular complexity index is 214. The monoisotopic (exact) mass is 211 g/mol. The van der Waals surface area contributed by atoms with E-state index in [0.29, 0.717) is 5.91 Å². The van der Waals surface area contributed by atoms with Crippen LogP contribution in [0.25, 0.3) is 0 Å². The first-order valence-electron chi connectivity index (χ1n) is 6.07. The topological polar surface area (TPSA) is 35.6 Å². The molecule has 0 aromatic heterocycles. The Balaban J connectivity index is 1.69. The molecule has 1 amide bonds. The second kappa shape index (κ2) is 5.47. The van der Waals surface area contributed by atoms with E-state index in [4.69, 9.17) is 0 Å². The SMILES string of the molecule is O=C1CCCCN1CCN1CCNCC1. The van der Waals surface area contributed by atoms with Crippen molar-refractivity contribution < 1.29 is 4.79 Å². The van der Waals surface area contributed by atoms with Gasteiger partial charge in [0.25, 0.3) is 0 Å². The molecule has 0 bridgehead atoms. The van der Waals surface area contributed by atoms with Gasteiger partial charge in [0.2, 0.25) is 5.91 Å². The number of nitrogens with zero attached hydrogens (tertiary/aromatic N) is 2. The summed E-state index contributed by atoms with van der Waals surface area (Å²) in [4.78, 5) is 16.0. The largest absolute Gasteiger partial charge is 0.341 e. The predicted molar refractivity (Wildman–Crippen MR) is 59.7 cm³/mol. The number of piperidine rings is 1. The maximum absolute atomic E-state index is 11.6. The quantitative estimate of drug-likeness (QED) is 0.708. The molecular formula is C11H21N3O. The van der Waals surface area contributed by atoms with Gasteiger partial charge in [-0.3, -0.25) is 9.69 Å². The van der Waals surface area contributed by atoms with E-state index in [0.717, 1.165) is 58.7 Å². The Morgan fingerprint density at radius 1 is 1.07 bits per heavy atom. The first-order chi connectivity index (χ1) is 7.36. The normalized spacial score (nSPS) is 24.5. The molecule has 2 aliphatic heterocycles. The van der Waals surface area contributed by atoms with Crippen molar-refractivity contribution in [1.29, 1.82) is 0 Å². The molecule has 4 nitrogen and oxygen atoms in total. The maximum Gasteiger partial charge on any atom is 0.222 e. The molecule has 2 fully saturated rings. The van der Waals surface area contributed by atoms with Gasteiger partial charge in [0.1, 0.15) is 0 Å². The molecule has 2 aliphatic rings. The third-order valence-corrected chi connectivity index (χ3v) is 3.32. The summed E-state index contributed by atoms with van der Waals surface area (Å²) in [7, 11) is 0. The van der Waals surface area contributed by atoms with Crippen LogP contribution in [-0.4, -0.2) is 61.5 Å². The van der Waals surface area contributed by atoms with Gasteiger partial charge >= 0.3 is 0 Å². The van der Waals surface area contributed by atoms with Crippen LogP contribution in [0.2, 0.25) is 0 Å². The third-order valence-electron chi connectivity index (χ3n) is 3.32. The summed E-state index contributed by atoms with van der Waals surface area (Å²) >= 11 is 0. The number of likely N-dealkylation sites (tertiary alicyclic amines) is 1. The number of hydrogen-bond acceptors (Lipinski definition) is 3. The van der Waals surface area contributed by atoms with Crippen molar-refractivity contribution in [1.82, 2.24) is 15.1 Å². The van der Waals surface area contributed by atoms with E-state index in [1.54, 1.807) is 0 Å². The molecule has 0 atom stereocenters. The molecule has 4 heteroatoms. The molecule has 15 heavy (non-hydrogen) atoms. The molecule has 0 aliphatic carbocycles. The average molecular weight is 211 g/mol. The lowest BCUT2D eigenvalue weighted by Crippen LogP contribution is -2.47. The number of carbonyl (C=O) groups excluding carboxylic acids is 1. The molecule has 0 unspecified atom stereocenters. The van der Waals surface area contributed by atoms with Crippen molar-refractivity contribution in [3.05, 3.63) is 0 Å². The molecule has 2 rings (SSSR count). The minimum atomic E-state index is 0.358. The molecule has 2 saturated heterocycles. The van der Waals surface area contributed by atoms with Crippen LogP contribution in [0, 0.1) is 0 Å². The molecule has 86 valence electrons. The standard InChI is InChI=1S/C11H21N3O/c15-11-3-1-2-6-14(11)10-9-13-7-4-12-5-8-13/h12H,1-10H2. The van der Waals surface area contributed by atoms with Gasteiger partial charge in [-0.25, -0.2) is 0 Å². The van der Waals surface area contributed by atoms with Gasteiger partial charge in [-0.1, -0.05) is 0 Å². The van der Waals surface area contributed by atoms with E-state index in [1.807, 2.05) is 4.90 Å². The molecule has 0 radical (unpaired) electrons. The summed E-state index contributed by atoms with van der Waals surface area (Å²) in [6.45, 7) is 7.39. The lowest BCUT2D eigenvalue weighted by Gasteiger charge is -2.32. The van der Waals surface area contributed by atoms with Gasteiger partial charge in [-0.05, 0) is 12.8 Å². The van der Waals surface area contributed by atoms with E-state index >= 15 is 0 Å². The fourth-order valence-corrected chi connectivity index (χ4v) is 2.30. The molecule has 0 spiro atoms. The summed E-state index contributed by atoms with van der Waals surface area (Å²) in [6, 6.07) is 0. The third kappa shape index (κ3) is 3.18. The second-order valence-corrected chi connectivity index (χ2v) is 4.43. The van der Waals surface area contributed by atoms with Gasteiger partial charge in [0.05, 0.1) is 0 Å². The predicted octanol–water partition coefficient (Wildman–Crippen LogP) is -0.0959. The number of amides is 1. The lowest BCUT2D eigenvalue weighted by molar-refractivity contribution is -0.133. The number of nitrogens with one attached hydrogen (secondary N) is 1. The Hall–Kier alpha value is -0.610. The Morgan fingerprint density at radius 2 is 1.87 bits per heavy atom. The van der Waals surface area contributed by atoms with Crippen LogP contribution in [0.5, 0.6) is 0 Å². The fourth-order valence-electron chi connectivity index (χ4n) is 2.30. The van der Waals surface area contributed by atoms with Crippen LogP contribution in [0.3, 0.4) is 0 Å². The molecule has 1 N–H and O–H groups in total. The van der Waals surface area contributed by atoms with E-state index < -0.39 is 0 Å². The molecular weight excluding hydrogens is 190 g/mol. The molecule has 0 aromatic carbocycles. The average Bonchev–Trinajstić information content (AvgIpc) is 2.29. The van der Waals surface area contributed by atoms with Crippen LogP contribution in [0.15, 0.2) is 0 Å². The van der Waals surface area contributed by atoms with Crippen molar-refractivity contribution in [3.8, 4) is 0 Å². The minimum absolute atomic E-state index is 0.358. The Kier molecular flexibility index (Phi) is 3.97. The number of carbonyl (C=O) groups is 1. The lowest BCUT2D eigenvalue weighted by atomic mass is 10.1. The number of hydrogen-bond donors (Lipinski definition) is 1. The van der Waals surface area contributed by atoms with Crippen LogP contribution < -0.4 is 5.32 Å². The summed E-state index contributed by atoms with van der Waals surface area (Å²) in [5, 5.41) is 3.34. The number of rotatable bonds is 3. The highest BCUT2D eigenvalue weighted by Crippen LogP contribution is 2.10. The van der Waals surface area contributed by atoms with Crippen LogP contribution in [0.1, 0.15) is 19.3 Å². The zero-order valence-corrected chi connectivity index (χ0v) is 9.37. The smallest absolute Gasteiger partial charge is 0.222 e. The molecule has 0 aromatic rings. The van der Waals surface area contributed by atoms with Crippen molar-refractivity contribution >= 4 is 5.91 Å². The number of piperazine rings is 1. The van der Waals surface area contributed by atoms with Crippen molar-refractivity contribution in [2.75, 3.05) is 45.8 Å². The van der Waals surface area contributed by atoms with E-state index in [1.165, 1.54) is 6.42 Å². The van der Waals surface area contributed by atoms with Crippen molar-refractivity contribution in [2.45, 2.75) is 19.3 Å². The molecule has 0 saturated carbocycles. The van der Waals surface area contributed by atoms with Gasteiger partial charge in [0, 0.05) is 52.2 Å². The summed E-state index contributed by atoms with van der Waals surface area (Å²) < 4.78 is 0. The first kappa shape index (κ1) is 10.9. The summed E-state index contributed by atoms with van der Waals surface area (Å²) in [5.74, 6) is 0.358. The fraction of sp³-hybridized carbons (Fsp3) is 0.909. The van der Waals surface area contributed by atoms with Crippen LogP contribution in [-0.2, 0) is 4.79 Å². The second-order valence-electron chi connectivity index (χ2n) is 4.43. The Labute approximate surface area is 91.6 Å². The molecule has 2 heterocycles. The highest BCUT2D eigenvalue weighted by atomic mass is 16.2. The van der Waals surface area contributed by atoms with Gasteiger partial charge in [-0.2, -0.15) is 0 Å². The van der Waals surface area contributed by atoms with Gasteiger partial charge < -0.3 is 10.2 Å². The zero-order chi connectivity index (χ0) is 10.5. The van der Waals surface area contributed by atoms with Crippen LogP contribution >= 0.6 is 0 Å². The Morgan fingerprint density at radius 3 is 2.60 bits per heavy atom.